The monoisotopic (exact) mass is 583 g/mol. The van der Waals surface area contributed by atoms with Crippen LogP contribution in [0.25, 0.3) is 6.08 Å². The molecular weight excluding hydrogens is 562 g/mol. The molecule has 0 saturated carbocycles. The summed E-state index contributed by atoms with van der Waals surface area (Å²) in [7, 11) is 1.47. The van der Waals surface area contributed by atoms with Gasteiger partial charge in [0.05, 0.1) is 13.7 Å². The Balaban J connectivity index is 1.46. The van der Waals surface area contributed by atoms with Crippen molar-refractivity contribution in [1.29, 1.82) is 0 Å². The lowest BCUT2D eigenvalue weighted by Crippen LogP contribution is -2.30. The van der Waals surface area contributed by atoms with E-state index in [0.717, 1.165) is 16.0 Å². The number of aryl methyl sites for hydroxylation is 1. The van der Waals surface area contributed by atoms with Gasteiger partial charge in [-0.05, 0) is 60.5 Å². The summed E-state index contributed by atoms with van der Waals surface area (Å²) in [5, 5.41) is 5.95. The molecule has 3 aromatic rings. The molecule has 2 N–H and O–H groups in total. The molecule has 1 aliphatic rings. The number of amides is 4. The molecule has 37 heavy (non-hydrogen) atoms. The number of halogens is 2. The number of hydrogen-bond donors (Lipinski definition) is 2. The number of carbonyl (C=O) groups is 3. The Kier molecular flexibility index (Phi) is 8.15. The zero-order valence-electron chi connectivity index (χ0n) is 20.0. The summed E-state index contributed by atoms with van der Waals surface area (Å²) in [4.78, 5) is 38.8. The second kappa shape index (κ2) is 11.5. The van der Waals surface area contributed by atoms with Gasteiger partial charge in [-0.1, -0.05) is 57.4 Å². The standard InChI is InChI=1S/C27H23BrClN3O5/c1-16-3-9-20(10-4-16)30-25(33)15-37-24-13-21(28)18(12-23(24)36-2)11-22-26(34)32(27(35)31-22)14-17-5-7-19(29)8-6-17/h3-13H,14-15H2,1-2H3,(H,30,33)(H,31,35)/b22-11-. The van der Waals surface area contributed by atoms with E-state index in [9.17, 15) is 14.4 Å². The number of urea groups is 1. The van der Waals surface area contributed by atoms with Crippen LogP contribution in [-0.2, 0) is 16.1 Å². The highest BCUT2D eigenvalue weighted by Crippen LogP contribution is 2.35. The molecule has 10 heteroatoms. The van der Waals surface area contributed by atoms with Gasteiger partial charge in [-0.2, -0.15) is 0 Å². The van der Waals surface area contributed by atoms with Gasteiger partial charge >= 0.3 is 6.03 Å². The summed E-state index contributed by atoms with van der Waals surface area (Å²) in [6.45, 7) is 1.85. The number of rotatable bonds is 8. The minimum Gasteiger partial charge on any atom is -0.493 e. The molecule has 4 rings (SSSR count). The molecule has 0 radical (unpaired) electrons. The van der Waals surface area contributed by atoms with Crippen LogP contribution in [0.2, 0.25) is 5.02 Å². The van der Waals surface area contributed by atoms with Crippen molar-refractivity contribution in [2.24, 2.45) is 0 Å². The molecule has 4 amide bonds. The summed E-state index contributed by atoms with van der Waals surface area (Å²) in [5.74, 6) is -0.0955. The maximum absolute atomic E-state index is 12.9. The molecule has 1 fully saturated rings. The van der Waals surface area contributed by atoms with Gasteiger partial charge in [-0.25, -0.2) is 4.79 Å². The smallest absolute Gasteiger partial charge is 0.329 e. The first-order valence-corrected chi connectivity index (χ1v) is 12.4. The molecule has 1 aliphatic heterocycles. The highest BCUT2D eigenvalue weighted by atomic mass is 79.9. The van der Waals surface area contributed by atoms with E-state index in [4.69, 9.17) is 21.1 Å². The number of anilines is 1. The summed E-state index contributed by atoms with van der Waals surface area (Å²) in [6, 6.07) is 17.1. The zero-order chi connectivity index (χ0) is 26.5. The van der Waals surface area contributed by atoms with Crippen molar-refractivity contribution in [3.8, 4) is 11.5 Å². The average molecular weight is 585 g/mol. The van der Waals surface area contributed by atoms with Crippen molar-refractivity contribution in [2.45, 2.75) is 13.5 Å². The lowest BCUT2D eigenvalue weighted by molar-refractivity contribution is -0.123. The molecular formula is C27H23BrClN3O5. The van der Waals surface area contributed by atoms with Crippen LogP contribution in [0.5, 0.6) is 11.5 Å². The van der Waals surface area contributed by atoms with Crippen molar-refractivity contribution in [3.63, 3.8) is 0 Å². The van der Waals surface area contributed by atoms with Crippen molar-refractivity contribution in [2.75, 3.05) is 19.0 Å². The Morgan fingerprint density at radius 2 is 1.78 bits per heavy atom. The van der Waals surface area contributed by atoms with Crippen LogP contribution in [0.3, 0.4) is 0 Å². The number of hydrogen-bond acceptors (Lipinski definition) is 5. The molecule has 0 bridgehead atoms. The van der Waals surface area contributed by atoms with Gasteiger partial charge in [0.2, 0.25) is 0 Å². The first-order chi connectivity index (χ1) is 17.7. The van der Waals surface area contributed by atoms with Crippen molar-refractivity contribution in [3.05, 3.63) is 92.5 Å². The molecule has 0 aliphatic carbocycles. The molecule has 3 aromatic carbocycles. The first-order valence-electron chi connectivity index (χ1n) is 11.2. The van der Waals surface area contributed by atoms with Gasteiger partial charge in [0.1, 0.15) is 5.70 Å². The molecule has 0 atom stereocenters. The minimum atomic E-state index is -0.520. The number of nitrogens with zero attached hydrogens (tertiary/aromatic N) is 1. The van der Waals surface area contributed by atoms with E-state index in [1.807, 2.05) is 31.2 Å². The topological polar surface area (TPSA) is 97.0 Å². The van der Waals surface area contributed by atoms with Crippen LogP contribution in [0, 0.1) is 6.92 Å². The van der Waals surface area contributed by atoms with E-state index < -0.39 is 11.9 Å². The Hall–Kier alpha value is -3.82. The Morgan fingerprint density at radius 3 is 2.46 bits per heavy atom. The Bertz CT molecular complexity index is 1370. The molecule has 0 spiro atoms. The number of nitrogens with one attached hydrogen (secondary N) is 2. The minimum absolute atomic E-state index is 0.112. The van der Waals surface area contributed by atoms with Crippen molar-refractivity contribution < 1.29 is 23.9 Å². The number of ether oxygens (including phenoxy) is 2. The van der Waals surface area contributed by atoms with Gasteiger partial charge in [0.15, 0.2) is 18.1 Å². The number of benzene rings is 3. The van der Waals surface area contributed by atoms with Gasteiger partial charge in [-0.3, -0.25) is 14.5 Å². The Morgan fingerprint density at radius 1 is 1.08 bits per heavy atom. The van der Waals surface area contributed by atoms with E-state index in [2.05, 4.69) is 26.6 Å². The van der Waals surface area contributed by atoms with E-state index in [0.29, 0.717) is 32.2 Å². The first kappa shape index (κ1) is 26.2. The zero-order valence-corrected chi connectivity index (χ0v) is 22.4. The molecule has 0 aromatic heterocycles. The van der Waals surface area contributed by atoms with E-state index in [1.54, 1.807) is 42.5 Å². The maximum atomic E-state index is 12.9. The molecule has 1 heterocycles. The van der Waals surface area contributed by atoms with Crippen LogP contribution in [0.15, 0.2) is 70.8 Å². The van der Waals surface area contributed by atoms with Crippen LogP contribution in [0.1, 0.15) is 16.7 Å². The third kappa shape index (κ3) is 6.49. The second-order valence-corrected chi connectivity index (χ2v) is 9.52. The van der Waals surface area contributed by atoms with Crippen LogP contribution >= 0.6 is 27.5 Å². The van der Waals surface area contributed by atoms with Gasteiger partial charge in [-0.15, -0.1) is 0 Å². The molecule has 0 unspecified atom stereocenters. The summed E-state index contributed by atoms with van der Waals surface area (Å²) in [6.07, 6.45) is 1.54. The number of carbonyl (C=O) groups excluding carboxylic acids is 3. The average Bonchev–Trinajstić information content (AvgIpc) is 3.14. The summed E-state index contributed by atoms with van der Waals surface area (Å²) < 4.78 is 11.7. The molecule has 1 saturated heterocycles. The lowest BCUT2D eigenvalue weighted by Gasteiger charge is -2.13. The molecule has 190 valence electrons. The summed E-state index contributed by atoms with van der Waals surface area (Å²) >= 11 is 9.38. The SMILES string of the molecule is COc1cc(/C=C2\NC(=O)N(Cc3ccc(Cl)cc3)C2=O)c(Br)cc1OCC(=O)Nc1ccc(C)cc1. The predicted octanol–water partition coefficient (Wildman–Crippen LogP) is 5.53. The molecule has 8 nitrogen and oxygen atoms in total. The maximum Gasteiger partial charge on any atom is 0.329 e. The fourth-order valence-electron chi connectivity index (χ4n) is 3.55. The summed E-state index contributed by atoms with van der Waals surface area (Å²) in [5.41, 5.74) is 3.22. The fraction of sp³-hybridized carbons (Fsp3) is 0.148. The number of imide groups is 1. The van der Waals surface area contributed by atoms with Crippen LogP contribution < -0.4 is 20.1 Å². The quantitative estimate of drug-likeness (QED) is 0.268. The van der Waals surface area contributed by atoms with E-state index in [1.165, 1.54) is 7.11 Å². The fourth-order valence-corrected chi connectivity index (χ4v) is 4.12. The normalized spacial score (nSPS) is 14.1. The van der Waals surface area contributed by atoms with E-state index >= 15 is 0 Å². The van der Waals surface area contributed by atoms with Crippen molar-refractivity contribution >= 4 is 57.1 Å². The van der Waals surface area contributed by atoms with Crippen molar-refractivity contribution in [1.82, 2.24) is 10.2 Å². The third-order valence-electron chi connectivity index (χ3n) is 5.49. The third-order valence-corrected chi connectivity index (χ3v) is 6.43. The van der Waals surface area contributed by atoms with Crippen LogP contribution in [-0.4, -0.2) is 36.5 Å². The van der Waals surface area contributed by atoms with Crippen LogP contribution in [0.4, 0.5) is 10.5 Å². The largest absolute Gasteiger partial charge is 0.493 e. The predicted molar refractivity (Wildman–Crippen MR) is 145 cm³/mol. The highest BCUT2D eigenvalue weighted by molar-refractivity contribution is 9.10. The van der Waals surface area contributed by atoms with E-state index in [-0.39, 0.29) is 24.8 Å². The lowest BCUT2D eigenvalue weighted by atomic mass is 10.1. The Labute approximate surface area is 227 Å². The van der Waals surface area contributed by atoms with Gasteiger partial charge < -0.3 is 20.1 Å². The number of methoxy groups -OCH3 is 1. The van der Waals surface area contributed by atoms with Gasteiger partial charge in [0.25, 0.3) is 11.8 Å². The second-order valence-electron chi connectivity index (χ2n) is 8.23. The highest BCUT2D eigenvalue weighted by Gasteiger charge is 2.33. The van der Waals surface area contributed by atoms with Gasteiger partial charge in [0, 0.05) is 15.2 Å².